The molecule has 0 aliphatic rings. The largest absolute Gasteiger partial charge is 0.325 e. The lowest BCUT2D eigenvalue weighted by atomic mass is 10.1. The maximum atomic E-state index is 12.2. The highest BCUT2D eigenvalue weighted by Crippen LogP contribution is 2.15. The molecule has 0 unspecified atom stereocenters. The summed E-state index contributed by atoms with van der Waals surface area (Å²) in [7, 11) is 0. The molecule has 2 N–H and O–H groups in total. The van der Waals surface area contributed by atoms with Crippen molar-refractivity contribution in [3.8, 4) is 0 Å². The Hall–Kier alpha value is -2.93. The van der Waals surface area contributed by atoms with Gasteiger partial charge in [-0.25, -0.2) is 0 Å². The number of hydrogen-bond acceptors (Lipinski definition) is 5. The molecule has 26 heavy (non-hydrogen) atoms. The highest BCUT2D eigenvalue weighted by Gasteiger charge is 2.09. The molecule has 0 bridgehead atoms. The molecule has 0 aliphatic carbocycles. The topological polar surface area (TPSA) is 87.7 Å². The van der Waals surface area contributed by atoms with Crippen LogP contribution >= 0.6 is 11.8 Å². The third-order valence-electron chi connectivity index (χ3n) is 3.72. The molecule has 2 aromatic carbocycles. The van der Waals surface area contributed by atoms with Crippen molar-refractivity contribution in [2.45, 2.75) is 18.5 Å². The summed E-state index contributed by atoms with van der Waals surface area (Å²) in [5, 5.41) is 11.2. The molecule has 0 saturated heterocycles. The zero-order valence-electron chi connectivity index (χ0n) is 14.2. The molecule has 7 heteroatoms. The van der Waals surface area contributed by atoms with Crippen LogP contribution in [0.2, 0.25) is 0 Å². The molecule has 3 rings (SSSR count). The first-order chi connectivity index (χ1) is 12.6. The normalized spacial score (nSPS) is 10.5. The number of rotatable bonds is 6. The van der Waals surface area contributed by atoms with Crippen molar-refractivity contribution in [3.63, 3.8) is 0 Å². The Morgan fingerprint density at radius 2 is 1.81 bits per heavy atom. The maximum absolute atomic E-state index is 12.2. The van der Waals surface area contributed by atoms with Crippen LogP contribution in [-0.4, -0.2) is 26.8 Å². The van der Waals surface area contributed by atoms with Crippen LogP contribution in [0.4, 0.5) is 5.69 Å². The number of benzene rings is 2. The van der Waals surface area contributed by atoms with Gasteiger partial charge < -0.3 is 5.32 Å². The van der Waals surface area contributed by atoms with Crippen molar-refractivity contribution >= 4 is 23.4 Å². The number of thioether (sulfide) groups is 1. The van der Waals surface area contributed by atoms with Gasteiger partial charge in [0.2, 0.25) is 5.91 Å². The number of carbonyl (C=O) groups is 1. The van der Waals surface area contributed by atoms with Crippen LogP contribution in [0.3, 0.4) is 0 Å². The predicted octanol–water partition coefficient (Wildman–Crippen LogP) is 2.79. The first-order valence-corrected chi connectivity index (χ1v) is 9.08. The predicted molar refractivity (Wildman–Crippen MR) is 102 cm³/mol. The van der Waals surface area contributed by atoms with Crippen molar-refractivity contribution in [2.24, 2.45) is 0 Å². The van der Waals surface area contributed by atoms with Gasteiger partial charge in [-0.2, -0.15) is 0 Å². The van der Waals surface area contributed by atoms with Gasteiger partial charge in [0, 0.05) is 12.1 Å². The molecule has 1 aromatic heterocycles. The number of amides is 1. The van der Waals surface area contributed by atoms with Crippen molar-refractivity contribution in [1.29, 1.82) is 0 Å². The van der Waals surface area contributed by atoms with Crippen LogP contribution in [-0.2, 0) is 11.2 Å². The van der Waals surface area contributed by atoms with E-state index in [-0.39, 0.29) is 17.2 Å². The number of anilines is 1. The summed E-state index contributed by atoms with van der Waals surface area (Å²) in [5.74, 6) is -0.0305. The zero-order chi connectivity index (χ0) is 18.4. The third kappa shape index (κ3) is 4.80. The van der Waals surface area contributed by atoms with E-state index in [2.05, 4.69) is 20.5 Å². The van der Waals surface area contributed by atoms with E-state index in [0.717, 1.165) is 28.6 Å². The molecule has 1 heterocycles. The van der Waals surface area contributed by atoms with E-state index >= 15 is 0 Å². The number of para-hydroxylation sites is 1. The Balaban J connectivity index is 1.59. The molecule has 6 nitrogen and oxygen atoms in total. The monoisotopic (exact) mass is 366 g/mol. The SMILES string of the molecule is Cc1ccccc1NC(=O)CSc1nnc(Cc2ccccc2)c(=O)[nH]1. The Bertz CT molecular complexity index is 957. The second-order valence-electron chi connectivity index (χ2n) is 5.72. The van der Waals surface area contributed by atoms with Gasteiger partial charge in [0.15, 0.2) is 5.16 Å². The van der Waals surface area contributed by atoms with Crippen molar-refractivity contribution in [1.82, 2.24) is 15.2 Å². The van der Waals surface area contributed by atoms with E-state index in [4.69, 9.17) is 0 Å². The number of aryl methyl sites for hydroxylation is 1. The molecule has 0 saturated carbocycles. The molecule has 0 radical (unpaired) electrons. The minimum atomic E-state index is -0.286. The van der Waals surface area contributed by atoms with E-state index in [1.807, 2.05) is 61.5 Å². The maximum Gasteiger partial charge on any atom is 0.273 e. The van der Waals surface area contributed by atoms with Gasteiger partial charge in [0.25, 0.3) is 5.56 Å². The van der Waals surface area contributed by atoms with E-state index in [9.17, 15) is 9.59 Å². The zero-order valence-corrected chi connectivity index (χ0v) is 15.0. The number of nitrogens with zero attached hydrogens (tertiary/aromatic N) is 2. The summed E-state index contributed by atoms with van der Waals surface area (Å²) in [6.07, 6.45) is 0.419. The summed E-state index contributed by atoms with van der Waals surface area (Å²) >= 11 is 1.14. The summed E-state index contributed by atoms with van der Waals surface area (Å²) in [6, 6.07) is 17.2. The molecule has 1 amide bonds. The number of aromatic amines is 1. The second-order valence-corrected chi connectivity index (χ2v) is 6.68. The Morgan fingerprint density at radius 3 is 2.54 bits per heavy atom. The van der Waals surface area contributed by atoms with Gasteiger partial charge in [0.1, 0.15) is 5.69 Å². The van der Waals surface area contributed by atoms with E-state index in [1.165, 1.54) is 0 Å². The third-order valence-corrected chi connectivity index (χ3v) is 4.58. The minimum absolute atomic E-state index is 0.136. The number of nitrogens with one attached hydrogen (secondary N) is 2. The quantitative estimate of drug-likeness (QED) is 0.655. The lowest BCUT2D eigenvalue weighted by Gasteiger charge is -2.07. The highest BCUT2D eigenvalue weighted by molar-refractivity contribution is 7.99. The Kier molecular flexibility index (Phi) is 5.80. The van der Waals surface area contributed by atoms with Gasteiger partial charge in [-0.05, 0) is 24.1 Å². The standard InChI is InChI=1S/C19H18N4O2S/c1-13-7-5-6-10-15(13)20-17(24)12-26-19-21-18(25)16(22-23-19)11-14-8-3-2-4-9-14/h2-10H,11-12H2,1H3,(H,20,24)(H,21,23,25). The van der Waals surface area contributed by atoms with E-state index in [1.54, 1.807) is 0 Å². The minimum Gasteiger partial charge on any atom is -0.325 e. The molecular formula is C19H18N4O2S. The summed E-state index contributed by atoms with van der Waals surface area (Å²) in [5.41, 5.74) is 2.82. The first kappa shape index (κ1) is 17.9. The van der Waals surface area contributed by atoms with Crippen LogP contribution in [0, 0.1) is 6.92 Å². The van der Waals surface area contributed by atoms with Crippen LogP contribution in [0.1, 0.15) is 16.8 Å². The molecule has 0 aliphatic heterocycles. The van der Waals surface area contributed by atoms with Gasteiger partial charge in [0.05, 0.1) is 5.75 Å². The van der Waals surface area contributed by atoms with Crippen molar-refractivity contribution < 1.29 is 4.79 Å². The average molecular weight is 366 g/mol. The van der Waals surface area contributed by atoms with Gasteiger partial charge in [-0.1, -0.05) is 60.3 Å². The Labute approximate surface area is 155 Å². The smallest absolute Gasteiger partial charge is 0.273 e. The van der Waals surface area contributed by atoms with Crippen LogP contribution in [0.15, 0.2) is 64.5 Å². The van der Waals surface area contributed by atoms with Gasteiger partial charge in [-0.3, -0.25) is 14.6 Å². The number of H-pyrrole nitrogens is 1. The van der Waals surface area contributed by atoms with E-state index < -0.39 is 0 Å². The average Bonchev–Trinajstić information content (AvgIpc) is 2.65. The number of aromatic nitrogens is 3. The molecule has 0 atom stereocenters. The number of carbonyl (C=O) groups excluding carboxylic acids is 1. The summed E-state index contributed by atoms with van der Waals surface area (Å²) in [4.78, 5) is 26.9. The first-order valence-electron chi connectivity index (χ1n) is 8.10. The fourth-order valence-corrected chi connectivity index (χ4v) is 2.95. The second kappa shape index (κ2) is 8.44. The Morgan fingerprint density at radius 1 is 1.08 bits per heavy atom. The van der Waals surface area contributed by atoms with Gasteiger partial charge in [-0.15, -0.1) is 10.2 Å². The lowest BCUT2D eigenvalue weighted by Crippen LogP contribution is -2.19. The molecular weight excluding hydrogens is 348 g/mol. The summed E-state index contributed by atoms with van der Waals surface area (Å²) in [6.45, 7) is 1.93. The molecule has 0 spiro atoms. The highest BCUT2D eigenvalue weighted by atomic mass is 32.2. The van der Waals surface area contributed by atoms with Crippen molar-refractivity contribution in [3.05, 3.63) is 81.8 Å². The van der Waals surface area contributed by atoms with Crippen LogP contribution in [0.5, 0.6) is 0 Å². The van der Waals surface area contributed by atoms with Crippen LogP contribution in [0.25, 0.3) is 0 Å². The fraction of sp³-hybridized carbons (Fsp3) is 0.158. The number of hydrogen-bond donors (Lipinski definition) is 2. The molecule has 132 valence electrons. The fourth-order valence-electron chi connectivity index (χ4n) is 2.35. The summed E-state index contributed by atoms with van der Waals surface area (Å²) < 4.78 is 0. The van der Waals surface area contributed by atoms with Crippen LogP contribution < -0.4 is 10.9 Å². The van der Waals surface area contributed by atoms with Crippen molar-refractivity contribution in [2.75, 3.05) is 11.1 Å². The molecule has 3 aromatic rings. The lowest BCUT2D eigenvalue weighted by molar-refractivity contribution is -0.113. The van der Waals surface area contributed by atoms with E-state index in [0.29, 0.717) is 17.3 Å². The van der Waals surface area contributed by atoms with Gasteiger partial charge >= 0.3 is 0 Å². The molecule has 0 fully saturated rings.